The molecule has 1 aromatic rings. The molecule has 0 aliphatic heterocycles. The van der Waals surface area contributed by atoms with E-state index >= 15 is 0 Å². The topological polar surface area (TPSA) is 41.8 Å². The van der Waals surface area contributed by atoms with Crippen LogP contribution in [0.25, 0.3) is 0 Å². The fourth-order valence-electron chi connectivity index (χ4n) is 1.10. The number of aliphatic imine (C=N–C) groups is 1. The van der Waals surface area contributed by atoms with Gasteiger partial charge in [0.15, 0.2) is 0 Å². The molecule has 1 unspecified atom stereocenters. The van der Waals surface area contributed by atoms with E-state index in [1.165, 1.54) is 6.21 Å². The Kier molecular flexibility index (Phi) is 4.59. The fraction of sp³-hybridized carbons (Fsp3) is 0.364. The summed E-state index contributed by atoms with van der Waals surface area (Å²) in [5.41, 5.74) is 0.952. The minimum atomic E-state index is -0.675. The van der Waals surface area contributed by atoms with E-state index < -0.39 is 6.10 Å². The molecule has 0 heterocycles. The summed E-state index contributed by atoms with van der Waals surface area (Å²) in [7, 11) is 1.61. The second-order valence-electron chi connectivity index (χ2n) is 3.20. The Bertz CT molecular complexity index is 352. The van der Waals surface area contributed by atoms with Gasteiger partial charge in [-0.05, 0) is 30.7 Å². The smallest absolute Gasteiger partial charge is 0.123 e. The molecule has 0 amide bonds. The van der Waals surface area contributed by atoms with Crippen molar-refractivity contribution < 1.29 is 9.84 Å². The maximum absolute atomic E-state index is 9.33. The summed E-state index contributed by atoms with van der Waals surface area (Å²) >= 11 is 5.87. The molecule has 1 aromatic carbocycles. The van der Waals surface area contributed by atoms with Gasteiger partial charge < -0.3 is 9.84 Å². The van der Waals surface area contributed by atoms with Crippen LogP contribution in [0.15, 0.2) is 23.2 Å². The SMILES string of the molecule is CN=CC(O)COc1ccc(Cl)c(C)c1. The Hall–Kier alpha value is -1.06. The van der Waals surface area contributed by atoms with E-state index in [9.17, 15) is 5.11 Å². The van der Waals surface area contributed by atoms with Gasteiger partial charge in [-0.25, -0.2) is 0 Å². The normalized spacial score (nSPS) is 13.1. The van der Waals surface area contributed by atoms with Crippen LogP contribution in [0.1, 0.15) is 5.56 Å². The molecule has 0 aromatic heterocycles. The second-order valence-corrected chi connectivity index (χ2v) is 3.60. The number of nitrogens with zero attached hydrogens (tertiary/aromatic N) is 1. The summed E-state index contributed by atoms with van der Waals surface area (Å²) in [5, 5.41) is 10.0. The molecule has 4 heteroatoms. The van der Waals surface area contributed by atoms with E-state index in [0.717, 1.165) is 5.56 Å². The standard InChI is InChI=1S/C11H14ClNO2/c1-8-5-10(3-4-11(8)12)15-7-9(14)6-13-2/h3-6,9,14H,7H2,1-2H3. The first kappa shape index (κ1) is 12.0. The maximum Gasteiger partial charge on any atom is 0.123 e. The third-order valence-corrected chi connectivity index (χ3v) is 2.30. The van der Waals surface area contributed by atoms with Gasteiger partial charge in [0.2, 0.25) is 0 Å². The number of aliphatic hydroxyl groups is 1. The highest BCUT2D eigenvalue weighted by Crippen LogP contribution is 2.20. The number of halogens is 1. The van der Waals surface area contributed by atoms with Crippen molar-refractivity contribution in [2.75, 3.05) is 13.7 Å². The Balaban J connectivity index is 2.54. The van der Waals surface area contributed by atoms with Crippen molar-refractivity contribution >= 4 is 17.8 Å². The fourth-order valence-corrected chi connectivity index (χ4v) is 1.22. The average Bonchev–Trinajstić information content (AvgIpc) is 2.20. The lowest BCUT2D eigenvalue weighted by Crippen LogP contribution is -2.18. The van der Waals surface area contributed by atoms with Gasteiger partial charge >= 0.3 is 0 Å². The minimum absolute atomic E-state index is 0.193. The third kappa shape index (κ3) is 3.90. The molecular formula is C11H14ClNO2. The Morgan fingerprint density at radius 3 is 2.93 bits per heavy atom. The van der Waals surface area contributed by atoms with Gasteiger partial charge in [0.05, 0.1) is 0 Å². The molecule has 15 heavy (non-hydrogen) atoms. The molecule has 0 saturated heterocycles. The van der Waals surface area contributed by atoms with Crippen molar-refractivity contribution in [3.63, 3.8) is 0 Å². The summed E-state index contributed by atoms with van der Waals surface area (Å²) in [6, 6.07) is 5.37. The molecule has 0 radical (unpaired) electrons. The first-order chi connectivity index (χ1) is 7.13. The van der Waals surface area contributed by atoms with Crippen molar-refractivity contribution in [3.05, 3.63) is 28.8 Å². The van der Waals surface area contributed by atoms with Crippen molar-refractivity contribution in [2.24, 2.45) is 4.99 Å². The number of rotatable bonds is 4. The highest BCUT2D eigenvalue weighted by Gasteiger charge is 2.02. The summed E-state index contributed by atoms with van der Waals surface area (Å²) < 4.78 is 5.36. The molecule has 0 bridgehead atoms. The zero-order valence-electron chi connectivity index (χ0n) is 8.77. The molecule has 3 nitrogen and oxygen atoms in total. The van der Waals surface area contributed by atoms with Crippen LogP contribution in [-0.4, -0.2) is 31.1 Å². The zero-order chi connectivity index (χ0) is 11.3. The summed E-state index contributed by atoms with van der Waals surface area (Å²) in [6.45, 7) is 2.09. The summed E-state index contributed by atoms with van der Waals surface area (Å²) in [6.07, 6.45) is 0.758. The molecular weight excluding hydrogens is 214 g/mol. The molecule has 0 fully saturated rings. The number of benzene rings is 1. The zero-order valence-corrected chi connectivity index (χ0v) is 9.53. The van der Waals surface area contributed by atoms with Crippen molar-refractivity contribution in [2.45, 2.75) is 13.0 Å². The van der Waals surface area contributed by atoms with Gasteiger partial charge in [-0.3, -0.25) is 4.99 Å². The second kappa shape index (κ2) is 5.73. The van der Waals surface area contributed by atoms with E-state index in [-0.39, 0.29) is 6.61 Å². The Labute approximate surface area is 94.4 Å². The molecule has 1 atom stereocenters. The van der Waals surface area contributed by atoms with Gasteiger partial charge in [0, 0.05) is 18.3 Å². The lowest BCUT2D eigenvalue weighted by Gasteiger charge is -2.09. The van der Waals surface area contributed by atoms with Gasteiger partial charge in [0.25, 0.3) is 0 Å². The van der Waals surface area contributed by atoms with E-state index in [2.05, 4.69) is 4.99 Å². The number of hydrogen-bond acceptors (Lipinski definition) is 3. The number of aliphatic hydroxyl groups excluding tert-OH is 1. The summed E-state index contributed by atoms with van der Waals surface area (Å²) in [4.78, 5) is 3.70. The molecule has 0 spiro atoms. The van der Waals surface area contributed by atoms with Crippen LogP contribution in [0.2, 0.25) is 5.02 Å². The quantitative estimate of drug-likeness (QED) is 0.801. The summed E-state index contributed by atoms with van der Waals surface area (Å²) in [5.74, 6) is 0.695. The first-order valence-corrected chi connectivity index (χ1v) is 5.00. The van der Waals surface area contributed by atoms with Gasteiger partial charge in [-0.15, -0.1) is 0 Å². The van der Waals surface area contributed by atoms with E-state index in [4.69, 9.17) is 16.3 Å². The van der Waals surface area contributed by atoms with Crippen molar-refractivity contribution in [1.29, 1.82) is 0 Å². The monoisotopic (exact) mass is 227 g/mol. The molecule has 82 valence electrons. The van der Waals surface area contributed by atoms with Gasteiger partial charge in [-0.1, -0.05) is 11.6 Å². The van der Waals surface area contributed by atoms with Crippen LogP contribution in [-0.2, 0) is 0 Å². The van der Waals surface area contributed by atoms with Crippen LogP contribution < -0.4 is 4.74 Å². The van der Waals surface area contributed by atoms with Crippen molar-refractivity contribution in [1.82, 2.24) is 0 Å². The average molecular weight is 228 g/mol. The molecule has 1 N–H and O–H groups in total. The van der Waals surface area contributed by atoms with Crippen LogP contribution in [0.3, 0.4) is 0 Å². The van der Waals surface area contributed by atoms with Crippen molar-refractivity contribution in [3.8, 4) is 5.75 Å². The lowest BCUT2D eigenvalue weighted by atomic mass is 10.2. The van der Waals surface area contributed by atoms with Crippen LogP contribution in [0.5, 0.6) is 5.75 Å². The molecule has 0 aliphatic rings. The highest BCUT2D eigenvalue weighted by molar-refractivity contribution is 6.31. The largest absolute Gasteiger partial charge is 0.490 e. The Morgan fingerprint density at radius 2 is 2.33 bits per heavy atom. The predicted molar refractivity (Wildman–Crippen MR) is 62.1 cm³/mol. The van der Waals surface area contributed by atoms with Gasteiger partial charge in [-0.2, -0.15) is 0 Å². The minimum Gasteiger partial charge on any atom is -0.490 e. The van der Waals surface area contributed by atoms with E-state index in [1.54, 1.807) is 19.2 Å². The van der Waals surface area contributed by atoms with Crippen LogP contribution in [0.4, 0.5) is 0 Å². The number of ether oxygens (including phenoxy) is 1. The van der Waals surface area contributed by atoms with E-state index in [0.29, 0.717) is 10.8 Å². The number of aryl methyl sites for hydroxylation is 1. The maximum atomic E-state index is 9.33. The first-order valence-electron chi connectivity index (χ1n) is 4.63. The lowest BCUT2D eigenvalue weighted by molar-refractivity contribution is 0.162. The highest BCUT2D eigenvalue weighted by atomic mass is 35.5. The molecule has 0 saturated carbocycles. The number of hydrogen-bond donors (Lipinski definition) is 1. The predicted octanol–water partition coefficient (Wildman–Crippen LogP) is 2.09. The molecule has 1 rings (SSSR count). The van der Waals surface area contributed by atoms with Crippen LogP contribution in [0, 0.1) is 6.92 Å². The van der Waals surface area contributed by atoms with Crippen LogP contribution >= 0.6 is 11.6 Å². The molecule has 0 aliphatic carbocycles. The third-order valence-electron chi connectivity index (χ3n) is 1.87. The van der Waals surface area contributed by atoms with Gasteiger partial charge in [0.1, 0.15) is 18.5 Å². The van der Waals surface area contributed by atoms with E-state index in [1.807, 2.05) is 13.0 Å². The Morgan fingerprint density at radius 1 is 1.60 bits per heavy atom.